The van der Waals surface area contributed by atoms with E-state index >= 15 is 0 Å². The Labute approximate surface area is 137 Å². The van der Waals surface area contributed by atoms with Crippen LogP contribution in [0.5, 0.6) is 0 Å². The number of ether oxygens (including phenoxy) is 1. The lowest BCUT2D eigenvalue weighted by Gasteiger charge is -2.14. The van der Waals surface area contributed by atoms with Crippen LogP contribution in [0, 0.1) is 5.92 Å². The fourth-order valence-electron chi connectivity index (χ4n) is 3.04. The summed E-state index contributed by atoms with van der Waals surface area (Å²) >= 11 is 0. The first kappa shape index (κ1) is 18.0. The van der Waals surface area contributed by atoms with E-state index in [1.165, 1.54) is 0 Å². The Bertz CT molecular complexity index is 677. The quantitative estimate of drug-likeness (QED) is 0.823. The molecule has 1 saturated heterocycles. The summed E-state index contributed by atoms with van der Waals surface area (Å²) in [5.41, 5.74) is -2.66. The summed E-state index contributed by atoms with van der Waals surface area (Å²) in [6.07, 6.45) is -11.0. The minimum Gasteiger partial charge on any atom is -0.477 e. The molecule has 2 unspecified atom stereocenters. The average Bonchev–Trinajstić information content (AvgIpc) is 3.04. The number of aromatic carboxylic acids is 1. The van der Waals surface area contributed by atoms with E-state index in [1.54, 1.807) is 0 Å². The second-order valence-electron chi connectivity index (χ2n) is 6.33. The molecule has 1 aromatic rings. The van der Waals surface area contributed by atoms with Gasteiger partial charge in [-0.25, -0.2) is 4.79 Å². The number of hydrogen-bond acceptors (Lipinski definition) is 3. The predicted octanol–water partition coefficient (Wildman–Crippen LogP) is 3.44. The van der Waals surface area contributed by atoms with Crippen molar-refractivity contribution in [2.45, 2.75) is 50.2 Å². The van der Waals surface area contributed by atoms with E-state index in [4.69, 9.17) is 0 Å². The minimum atomic E-state index is -4.90. The monoisotopic (exact) mass is 372 g/mol. The van der Waals surface area contributed by atoms with E-state index in [0.29, 0.717) is 17.5 Å². The van der Waals surface area contributed by atoms with Crippen molar-refractivity contribution in [2.24, 2.45) is 5.92 Å². The molecule has 5 nitrogen and oxygen atoms in total. The maximum Gasteiger partial charge on any atom is 0.420 e. The number of hydrogen-bond donors (Lipinski definition) is 1. The molecule has 1 saturated carbocycles. The smallest absolute Gasteiger partial charge is 0.420 e. The number of carbonyl (C=O) groups is 1. The SMILES string of the molecule is O=C(O)c1c(C(F)(F)F)c(C2CC2)nn1CC1COC(C(F)(F)F)C1. The maximum atomic E-state index is 13.3. The molecule has 1 aromatic heterocycles. The van der Waals surface area contributed by atoms with Gasteiger partial charge in [0.1, 0.15) is 5.56 Å². The molecule has 25 heavy (non-hydrogen) atoms. The zero-order valence-corrected chi connectivity index (χ0v) is 12.7. The van der Waals surface area contributed by atoms with Crippen LogP contribution >= 0.6 is 0 Å². The minimum absolute atomic E-state index is 0.316. The van der Waals surface area contributed by atoms with Gasteiger partial charge in [-0.3, -0.25) is 4.68 Å². The van der Waals surface area contributed by atoms with E-state index in [2.05, 4.69) is 9.84 Å². The van der Waals surface area contributed by atoms with Gasteiger partial charge in [0, 0.05) is 18.4 Å². The van der Waals surface area contributed by atoms with Gasteiger partial charge in [-0.1, -0.05) is 0 Å². The molecule has 11 heteroatoms. The number of carboxylic acid groups (broad SMARTS) is 1. The Morgan fingerprint density at radius 2 is 1.88 bits per heavy atom. The third-order valence-electron chi connectivity index (χ3n) is 4.31. The molecule has 2 atom stereocenters. The first-order valence-electron chi connectivity index (χ1n) is 7.58. The van der Waals surface area contributed by atoms with Crippen molar-refractivity contribution < 1.29 is 41.0 Å². The lowest BCUT2D eigenvalue weighted by molar-refractivity contribution is -0.206. The van der Waals surface area contributed by atoms with Gasteiger partial charge in [0.05, 0.1) is 12.3 Å². The van der Waals surface area contributed by atoms with E-state index in [0.717, 1.165) is 0 Å². The Kier molecular flexibility index (Phi) is 4.25. The predicted molar refractivity (Wildman–Crippen MR) is 70.1 cm³/mol. The molecular weight excluding hydrogens is 358 g/mol. The molecule has 0 aromatic carbocycles. The van der Waals surface area contributed by atoms with Crippen LogP contribution in [-0.2, 0) is 17.5 Å². The highest BCUT2D eigenvalue weighted by Gasteiger charge is 2.48. The molecule has 2 heterocycles. The van der Waals surface area contributed by atoms with Gasteiger partial charge in [-0.05, 0) is 19.3 Å². The highest BCUT2D eigenvalue weighted by atomic mass is 19.4. The fourth-order valence-corrected chi connectivity index (χ4v) is 3.04. The Morgan fingerprint density at radius 3 is 2.32 bits per heavy atom. The van der Waals surface area contributed by atoms with E-state index in [9.17, 15) is 36.2 Å². The highest BCUT2D eigenvalue weighted by Crippen LogP contribution is 2.46. The molecule has 0 radical (unpaired) electrons. The van der Waals surface area contributed by atoms with Gasteiger partial charge in [0.25, 0.3) is 0 Å². The molecule has 0 bridgehead atoms. The summed E-state index contributed by atoms with van der Waals surface area (Å²) in [6.45, 7) is -0.687. The summed E-state index contributed by atoms with van der Waals surface area (Å²) in [5.74, 6) is -3.03. The Balaban J connectivity index is 1.90. The van der Waals surface area contributed by atoms with Crippen molar-refractivity contribution in [1.29, 1.82) is 0 Å². The van der Waals surface area contributed by atoms with Crippen molar-refractivity contribution in [2.75, 3.05) is 6.61 Å². The third kappa shape index (κ3) is 3.60. The van der Waals surface area contributed by atoms with Crippen LogP contribution in [0.2, 0.25) is 0 Å². The number of halogens is 6. The van der Waals surface area contributed by atoms with Crippen LogP contribution in [0.1, 0.15) is 46.9 Å². The van der Waals surface area contributed by atoms with Crippen LogP contribution in [0.4, 0.5) is 26.3 Å². The van der Waals surface area contributed by atoms with Gasteiger partial charge < -0.3 is 9.84 Å². The molecule has 2 aliphatic rings. The number of aromatic nitrogens is 2. The Hall–Kier alpha value is -1.78. The summed E-state index contributed by atoms with van der Waals surface area (Å²) in [5, 5.41) is 13.0. The van der Waals surface area contributed by atoms with Gasteiger partial charge in [0.15, 0.2) is 11.8 Å². The standard InChI is InChI=1S/C14H14F6N2O3/c15-13(16,17)8-3-6(5-25-8)4-22-11(12(23)24)9(14(18,19)20)10(21-22)7-1-2-7/h6-8H,1-5H2,(H,23,24). The van der Waals surface area contributed by atoms with Crippen molar-refractivity contribution >= 4 is 5.97 Å². The van der Waals surface area contributed by atoms with Gasteiger partial charge >= 0.3 is 18.3 Å². The molecule has 0 amide bonds. The van der Waals surface area contributed by atoms with Crippen molar-refractivity contribution in [1.82, 2.24) is 9.78 Å². The summed E-state index contributed by atoms with van der Waals surface area (Å²) < 4.78 is 83.1. The van der Waals surface area contributed by atoms with Crippen LogP contribution in [0.15, 0.2) is 0 Å². The van der Waals surface area contributed by atoms with E-state index in [-0.39, 0.29) is 18.8 Å². The van der Waals surface area contributed by atoms with E-state index in [1.807, 2.05) is 0 Å². The fraction of sp³-hybridized carbons (Fsp3) is 0.714. The second-order valence-corrected chi connectivity index (χ2v) is 6.33. The van der Waals surface area contributed by atoms with Crippen LogP contribution in [0.25, 0.3) is 0 Å². The molecule has 2 fully saturated rings. The molecule has 3 rings (SSSR count). The van der Waals surface area contributed by atoms with Gasteiger partial charge in [-0.2, -0.15) is 31.4 Å². The second kappa shape index (κ2) is 5.89. The van der Waals surface area contributed by atoms with Gasteiger partial charge in [0.2, 0.25) is 0 Å². The Morgan fingerprint density at radius 1 is 1.24 bits per heavy atom. The lowest BCUT2D eigenvalue weighted by Crippen LogP contribution is -2.28. The topological polar surface area (TPSA) is 64.3 Å². The lowest BCUT2D eigenvalue weighted by atomic mass is 10.1. The van der Waals surface area contributed by atoms with Crippen LogP contribution < -0.4 is 0 Å². The van der Waals surface area contributed by atoms with E-state index < -0.39 is 53.9 Å². The first-order chi connectivity index (χ1) is 11.5. The average molecular weight is 372 g/mol. The van der Waals surface area contributed by atoms with Crippen molar-refractivity contribution in [3.8, 4) is 0 Å². The molecular formula is C14H14F6N2O3. The van der Waals surface area contributed by atoms with Crippen molar-refractivity contribution in [3.63, 3.8) is 0 Å². The molecule has 1 aliphatic heterocycles. The molecule has 1 aliphatic carbocycles. The van der Waals surface area contributed by atoms with Crippen LogP contribution in [-0.4, -0.2) is 39.7 Å². The number of nitrogens with zero attached hydrogens (tertiary/aromatic N) is 2. The van der Waals surface area contributed by atoms with Crippen molar-refractivity contribution in [3.05, 3.63) is 17.0 Å². The summed E-state index contributed by atoms with van der Waals surface area (Å²) in [4.78, 5) is 11.4. The zero-order valence-electron chi connectivity index (χ0n) is 12.7. The zero-order chi connectivity index (χ0) is 18.6. The third-order valence-corrected chi connectivity index (χ3v) is 4.31. The molecule has 140 valence electrons. The normalized spacial score (nSPS) is 24.7. The highest BCUT2D eigenvalue weighted by molar-refractivity contribution is 5.88. The number of alkyl halides is 6. The van der Waals surface area contributed by atoms with Gasteiger partial charge in [-0.15, -0.1) is 0 Å². The summed E-state index contributed by atoms with van der Waals surface area (Å²) in [7, 11) is 0. The molecule has 1 N–H and O–H groups in total. The summed E-state index contributed by atoms with van der Waals surface area (Å²) in [6, 6.07) is 0. The van der Waals surface area contributed by atoms with Crippen LogP contribution in [0.3, 0.4) is 0 Å². The first-order valence-corrected chi connectivity index (χ1v) is 7.58. The number of carboxylic acids is 1. The maximum absolute atomic E-state index is 13.3. The molecule has 0 spiro atoms. The largest absolute Gasteiger partial charge is 0.477 e. The number of rotatable bonds is 4.